The van der Waals surface area contributed by atoms with Gasteiger partial charge < -0.3 is 5.32 Å². The van der Waals surface area contributed by atoms with E-state index < -0.39 is 0 Å². The van der Waals surface area contributed by atoms with Crippen LogP contribution in [0.3, 0.4) is 0 Å². The van der Waals surface area contributed by atoms with E-state index >= 15 is 0 Å². The molecule has 1 aromatic heterocycles. The minimum atomic E-state index is 0.801. The molecule has 0 saturated carbocycles. The van der Waals surface area contributed by atoms with Crippen molar-refractivity contribution in [3.8, 4) is 0 Å². The summed E-state index contributed by atoms with van der Waals surface area (Å²) in [7, 11) is 4.08. The fraction of sp³-hybridized carbons (Fsp3) is 0.727. The number of aryl methyl sites for hydroxylation is 2. The number of rotatable bonds is 2. The van der Waals surface area contributed by atoms with Crippen LogP contribution in [0.4, 0.5) is 0 Å². The van der Waals surface area contributed by atoms with Gasteiger partial charge in [-0.3, -0.25) is 4.68 Å². The predicted molar refractivity (Wildman–Crippen MR) is 57.4 cm³/mol. The highest BCUT2D eigenvalue weighted by molar-refractivity contribution is 5.28. The van der Waals surface area contributed by atoms with E-state index in [9.17, 15) is 0 Å². The summed E-state index contributed by atoms with van der Waals surface area (Å²) < 4.78 is 2.02. The van der Waals surface area contributed by atoms with E-state index in [0.717, 1.165) is 18.9 Å². The number of hydrogen-bond acceptors (Lipinski definition) is 2. The molecule has 1 unspecified atom stereocenters. The Morgan fingerprint density at radius 1 is 1.57 bits per heavy atom. The average Bonchev–Trinajstić information content (AvgIpc) is 2.45. The van der Waals surface area contributed by atoms with Crippen LogP contribution in [0.2, 0.25) is 0 Å². The summed E-state index contributed by atoms with van der Waals surface area (Å²) in [5.74, 6) is 0.801. The van der Waals surface area contributed by atoms with Crippen LogP contribution in [0.1, 0.15) is 23.4 Å². The Morgan fingerprint density at radius 2 is 2.36 bits per heavy atom. The fourth-order valence-corrected chi connectivity index (χ4v) is 2.38. The molecule has 1 atom stereocenters. The van der Waals surface area contributed by atoms with Crippen LogP contribution < -0.4 is 5.32 Å². The Labute approximate surface area is 85.5 Å². The summed E-state index contributed by atoms with van der Waals surface area (Å²) in [6, 6.07) is 0. The lowest BCUT2D eigenvalue weighted by molar-refractivity contribution is 0.437. The van der Waals surface area contributed by atoms with Crippen LogP contribution >= 0.6 is 0 Å². The highest BCUT2D eigenvalue weighted by Crippen LogP contribution is 2.26. The predicted octanol–water partition coefficient (Wildman–Crippen LogP) is 1.05. The second-order valence-corrected chi connectivity index (χ2v) is 4.30. The lowest BCUT2D eigenvalue weighted by atomic mass is 9.86. The molecule has 0 aromatic carbocycles. The maximum Gasteiger partial charge on any atom is 0.0659 e. The Balaban J connectivity index is 2.20. The van der Waals surface area contributed by atoms with Gasteiger partial charge in [0.2, 0.25) is 0 Å². The second-order valence-electron chi connectivity index (χ2n) is 4.30. The van der Waals surface area contributed by atoms with E-state index in [1.807, 2.05) is 18.8 Å². The third-order valence-electron chi connectivity index (χ3n) is 3.32. The first kappa shape index (κ1) is 9.71. The summed E-state index contributed by atoms with van der Waals surface area (Å²) in [4.78, 5) is 0. The van der Waals surface area contributed by atoms with Crippen molar-refractivity contribution in [2.75, 3.05) is 13.6 Å². The number of hydrogen-bond donors (Lipinski definition) is 1. The first-order valence-electron chi connectivity index (χ1n) is 5.38. The third kappa shape index (κ3) is 1.57. The van der Waals surface area contributed by atoms with Crippen molar-refractivity contribution in [3.63, 3.8) is 0 Å². The monoisotopic (exact) mass is 193 g/mol. The van der Waals surface area contributed by atoms with Crippen molar-refractivity contribution in [3.05, 3.63) is 17.0 Å². The number of aromatic nitrogens is 2. The van der Waals surface area contributed by atoms with Gasteiger partial charge in [0.05, 0.1) is 5.69 Å². The molecule has 0 saturated heterocycles. The Hall–Kier alpha value is -0.830. The van der Waals surface area contributed by atoms with E-state index in [-0.39, 0.29) is 0 Å². The molecule has 0 spiro atoms. The van der Waals surface area contributed by atoms with Crippen molar-refractivity contribution in [2.45, 2.75) is 26.2 Å². The average molecular weight is 193 g/mol. The first-order chi connectivity index (χ1) is 6.72. The number of nitrogens with zero attached hydrogens (tertiary/aromatic N) is 2. The van der Waals surface area contributed by atoms with Crippen molar-refractivity contribution in [1.82, 2.24) is 15.1 Å². The molecule has 1 aliphatic rings. The van der Waals surface area contributed by atoms with Crippen LogP contribution in [0.25, 0.3) is 0 Å². The second kappa shape index (κ2) is 3.73. The van der Waals surface area contributed by atoms with Crippen molar-refractivity contribution in [1.29, 1.82) is 0 Å². The zero-order valence-electron chi connectivity index (χ0n) is 9.30. The molecule has 1 aliphatic carbocycles. The molecular formula is C11H19N3. The third-order valence-corrected chi connectivity index (χ3v) is 3.32. The van der Waals surface area contributed by atoms with Crippen LogP contribution in [-0.4, -0.2) is 23.4 Å². The van der Waals surface area contributed by atoms with Crippen molar-refractivity contribution >= 4 is 0 Å². The fourth-order valence-electron chi connectivity index (χ4n) is 2.38. The molecule has 1 aromatic rings. The highest BCUT2D eigenvalue weighted by Gasteiger charge is 2.22. The molecule has 2 rings (SSSR count). The van der Waals surface area contributed by atoms with Crippen molar-refractivity contribution in [2.24, 2.45) is 13.0 Å². The highest BCUT2D eigenvalue weighted by atomic mass is 15.3. The molecule has 0 aliphatic heterocycles. The van der Waals surface area contributed by atoms with Crippen molar-refractivity contribution < 1.29 is 0 Å². The standard InChI is InChI=1S/C11H19N3/c1-8-10-6-9(7-12-2)4-5-11(10)13-14(8)3/h9,12H,4-7H2,1-3H3. The van der Waals surface area contributed by atoms with Gasteiger partial charge in [-0.2, -0.15) is 5.10 Å². The Morgan fingerprint density at radius 3 is 3.07 bits per heavy atom. The van der Waals surface area contributed by atoms with Crippen LogP contribution in [-0.2, 0) is 19.9 Å². The Bertz CT molecular complexity index is 328. The van der Waals surface area contributed by atoms with Gasteiger partial charge in [-0.15, -0.1) is 0 Å². The summed E-state index contributed by atoms with van der Waals surface area (Å²) in [6.07, 6.45) is 3.64. The zero-order valence-corrected chi connectivity index (χ0v) is 9.30. The van der Waals surface area contributed by atoms with Gasteiger partial charge in [0.1, 0.15) is 0 Å². The van der Waals surface area contributed by atoms with Crippen LogP contribution in [0, 0.1) is 12.8 Å². The first-order valence-corrected chi connectivity index (χ1v) is 5.38. The molecule has 0 radical (unpaired) electrons. The van der Waals surface area contributed by atoms with E-state index in [1.165, 1.54) is 29.8 Å². The van der Waals surface area contributed by atoms with Gasteiger partial charge in [-0.1, -0.05) is 0 Å². The normalized spacial score (nSPS) is 20.9. The van der Waals surface area contributed by atoms with Crippen LogP contribution in [0.5, 0.6) is 0 Å². The van der Waals surface area contributed by atoms with Gasteiger partial charge in [0.25, 0.3) is 0 Å². The molecule has 14 heavy (non-hydrogen) atoms. The van der Waals surface area contributed by atoms with E-state index in [0.29, 0.717) is 0 Å². The lowest BCUT2D eigenvalue weighted by Crippen LogP contribution is -2.24. The molecule has 1 heterocycles. The smallest absolute Gasteiger partial charge is 0.0659 e. The SMILES string of the molecule is CNCC1CCc2nn(C)c(C)c2C1. The summed E-state index contributed by atoms with van der Waals surface area (Å²) in [6.45, 7) is 3.31. The topological polar surface area (TPSA) is 29.9 Å². The maximum atomic E-state index is 4.54. The minimum Gasteiger partial charge on any atom is -0.319 e. The molecule has 0 bridgehead atoms. The molecule has 0 fully saturated rings. The molecule has 0 amide bonds. The van der Waals surface area contributed by atoms with Crippen LogP contribution in [0.15, 0.2) is 0 Å². The lowest BCUT2D eigenvalue weighted by Gasteiger charge is -2.21. The van der Waals surface area contributed by atoms with E-state index in [4.69, 9.17) is 0 Å². The van der Waals surface area contributed by atoms with Gasteiger partial charge in [0.15, 0.2) is 0 Å². The molecule has 1 N–H and O–H groups in total. The van der Waals surface area contributed by atoms with Gasteiger partial charge in [-0.25, -0.2) is 0 Å². The summed E-state index contributed by atoms with van der Waals surface area (Å²) >= 11 is 0. The summed E-state index contributed by atoms with van der Waals surface area (Å²) in [5.41, 5.74) is 4.18. The Kier molecular flexibility index (Phi) is 2.59. The van der Waals surface area contributed by atoms with Gasteiger partial charge >= 0.3 is 0 Å². The number of fused-ring (bicyclic) bond motifs is 1. The van der Waals surface area contributed by atoms with Gasteiger partial charge in [0, 0.05) is 12.7 Å². The molecule has 78 valence electrons. The molecular weight excluding hydrogens is 174 g/mol. The summed E-state index contributed by atoms with van der Waals surface area (Å²) in [5, 5.41) is 7.81. The van der Waals surface area contributed by atoms with E-state index in [2.05, 4.69) is 17.3 Å². The van der Waals surface area contributed by atoms with Gasteiger partial charge in [-0.05, 0) is 51.3 Å². The minimum absolute atomic E-state index is 0.801. The largest absolute Gasteiger partial charge is 0.319 e. The van der Waals surface area contributed by atoms with E-state index in [1.54, 1.807) is 0 Å². The number of nitrogens with one attached hydrogen (secondary N) is 1. The quantitative estimate of drug-likeness (QED) is 0.761. The zero-order chi connectivity index (χ0) is 10.1. The maximum absolute atomic E-state index is 4.54. The molecule has 3 nitrogen and oxygen atoms in total. The molecule has 3 heteroatoms.